The second kappa shape index (κ2) is 14.0. The quantitative estimate of drug-likeness (QED) is 0.159. The van der Waals surface area contributed by atoms with Gasteiger partial charge in [0.1, 0.15) is 27.6 Å². The van der Waals surface area contributed by atoms with Gasteiger partial charge < -0.3 is 14.6 Å². The Balaban J connectivity index is 2.29. The molecule has 12 heteroatoms. The van der Waals surface area contributed by atoms with Crippen LogP contribution in [0.1, 0.15) is 47.5 Å². The number of benzene rings is 2. The van der Waals surface area contributed by atoms with E-state index in [1.807, 2.05) is 69.4 Å². The minimum Gasteiger partial charge on any atom is -0.432 e. The monoisotopic (exact) mass is 657 g/mol. The Bertz CT molecular complexity index is 1270. The van der Waals surface area contributed by atoms with Crippen LogP contribution in [0.5, 0.6) is 0 Å². The average Bonchev–Trinajstić information content (AvgIpc) is 3.20. The van der Waals surface area contributed by atoms with Crippen LogP contribution in [-0.2, 0) is 22.9 Å². The highest BCUT2D eigenvalue weighted by atomic mass is 31.2. The van der Waals surface area contributed by atoms with Gasteiger partial charge in [0, 0.05) is 19.0 Å². The Morgan fingerprint density at radius 2 is 1.57 bits per heavy atom. The summed E-state index contributed by atoms with van der Waals surface area (Å²) < 4.78 is 37.9. The van der Waals surface area contributed by atoms with E-state index in [1.54, 1.807) is 0 Å². The van der Waals surface area contributed by atoms with E-state index < -0.39 is 59.5 Å². The molecule has 2 N–H and O–H groups in total. The molecule has 2 radical (unpaired) electrons. The van der Waals surface area contributed by atoms with Crippen LogP contribution >= 0.6 is 7.82 Å². The van der Waals surface area contributed by atoms with Gasteiger partial charge in [0.25, 0.3) is 0 Å². The molecule has 1 fully saturated rings. The summed E-state index contributed by atoms with van der Waals surface area (Å²) in [6.07, 6.45) is -0.641. The van der Waals surface area contributed by atoms with Gasteiger partial charge in [-0.15, -0.1) is 0 Å². The first-order chi connectivity index (χ1) is 20.4. The van der Waals surface area contributed by atoms with E-state index in [1.165, 1.54) is 7.11 Å². The maximum absolute atomic E-state index is 14.0. The Hall–Kier alpha value is -1.58. The van der Waals surface area contributed by atoms with Gasteiger partial charge in [-0.1, -0.05) is 106 Å². The fourth-order valence-corrected chi connectivity index (χ4v) is 14.2. The van der Waals surface area contributed by atoms with Crippen molar-refractivity contribution >= 4 is 42.4 Å². The Labute approximate surface area is 267 Å². The van der Waals surface area contributed by atoms with E-state index in [0.29, 0.717) is 12.5 Å². The molecule has 3 unspecified atom stereocenters. The Morgan fingerprint density at radius 1 is 1.05 bits per heavy atom. The van der Waals surface area contributed by atoms with Gasteiger partial charge in [-0.05, 0) is 35.6 Å². The normalized spacial score (nSPS) is 24.5. The second-order valence-electron chi connectivity index (χ2n) is 14.1. The molecule has 0 amide bonds. The van der Waals surface area contributed by atoms with Gasteiger partial charge in [-0.3, -0.25) is 13.6 Å². The van der Waals surface area contributed by atoms with Gasteiger partial charge in [-0.2, -0.15) is 5.26 Å². The number of aliphatic hydroxyl groups is 1. The van der Waals surface area contributed by atoms with Crippen LogP contribution in [0.4, 0.5) is 0 Å². The van der Waals surface area contributed by atoms with Crippen molar-refractivity contribution in [3.63, 3.8) is 0 Å². The summed E-state index contributed by atoms with van der Waals surface area (Å²) in [6, 6.07) is 22.0. The zero-order valence-electron chi connectivity index (χ0n) is 27.4. The van der Waals surface area contributed by atoms with Crippen molar-refractivity contribution in [3.8, 4) is 6.07 Å². The number of hydrogen-bond donors (Lipinski definition) is 2. The summed E-state index contributed by atoms with van der Waals surface area (Å²) in [7, 11) is -1.84. The molecule has 44 heavy (non-hydrogen) atoms. The highest BCUT2D eigenvalue weighted by Gasteiger charge is 2.63. The number of phosphoric ester groups is 1. The van der Waals surface area contributed by atoms with Crippen LogP contribution in [0.3, 0.4) is 0 Å². The lowest BCUT2D eigenvalue weighted by Gasteiger charge is -2.49. The summed E-state index contributed by atoms with van der Waals surface area (Å²) in [6.45, 7) is 13.7. The molecule has 1 heterocycles. The zero-order chi connectivity index (χ0) is 33.0. The van der Waals surface area contributed by atoms with E-state index in [0.717, 1.165) is 10.4 Å². The first-order valence-corrected chi connectivity index (χ1v) is 21.8. The van der Waals surface area contributed by atoms with Crippen molar-refractivity contribution in [2.24, 2.45) is 5.92 Å². The van der Waals surface area contributed by atoms with Crippen molar-refractivity contribution in [3.05, 3.63) is 60.7 Å². The second-order valence-corrected chi connectivity index (χ2v) is 25.1. The van der Waals surface area contributed by atoms with Gasteiger partial charge >= 0.3 is 7.82 Å². The van der Waals surface area contributed by atoms with Crippen molar-refractivity contribution in [2.45, 2.75) is 94.4 Å². The highest BCUT2D eigenvalue weighted by molar-refractivity contribution is 7.48. The smallest absolute Gasteiger partial charge is 0.432 e. The lowest BCUT2D eigenvalue weighted by atomic mass is 9.77. The van der Waals surface area contributed by atoms with Crippen LogP contribution in [0.25, 0.3) is 0 Å². The minimum absolute atomic E-state index is 0.00857. The third-order valence-electron chi connectivity index (χ3n) is 9.68. The van der Waals surface area contributed by atoms with Crippen LogP contribution in [-0.4, -0.2) is 72.2 Å². The molecular formula is C32H49BNO7PSi2. The molecule has 2 aromatic carbocycles. The van der Waals surface area contributed by atoms with Crippen molar-refractivity contribution in [1.29, 1.82) is 5.26 Å². The molecule has 240 valence electrons. The lowest BCUT2D eigenvalue weighted by molar-refractivity contribution is -0.0858. The zero-order valence-corrected chi connectivity index (χ0v) is 30.3. The standard InChI is InChI=1S/C32H49BNO7PSi2/c1-30(2,3)44(25-16-11-9-12-17-25,26-18-13-10-14-19-26)24-32(23-35)28(41-42(36,38-6)39-21-15-20-34)27(29(33)40-32)22-31(4,5)43(7,8)37/h9-14,16-19,27-29,35,37H,15,21-24H2,1-8H3/t27?,28?,29-,32-,42?/m1/s1. The molecule has 1 aliphatic rings. The maximum atomic E-state index is 14.0. The molecule has 0 bridgehead atoms. The van der Waals surface area contributed by atoms with Crippen LogP contribution < -0.4 is 10.4 Å². The van der Waals surface area contributed by atoms with Gasteiger partial charge in [-0.25, -0.2) is 4.57 Å². The van der Waals surface area contributed by atoms with E-state index >= 15 is 0 Å². The van der Waals surface area contributed by atoms with Gasteiger partial charge in [0.05, 0.1) is 25.7 Å². The number of nitrogens with zero attached hydrogens (tertiary/aromatic N) is 1. The SMILES string of the molecule is [B][C@@H]1O[C@](CO)(C[Si](c2ccccc2)(c2ccccc2)C(C)(C)C)C(OP(=O)(OC)OCCC#N)C1CC(C)(C)[Si](C)(C)O. The molecule has 0 spiro atoms. The molecule has 1 saturated heterocycles. The number of aliphatic hydroxyl groups excluding tert-OH is 1. The molecule has 1 aliphatic heterocycles. The van der Waals surface area contributed by atoms with E-state index in [-0.39, 0.29) is 18.1 Å². The maximum Gasteiger partial charge on any atom is 0.474 e. The number of hydrogen-bond acceptors (Lipinski definition) is 8. The first-order valence-electron chi connectivity index (χ1n) is 15.2. The first kappa shape index (κ1) is 36.9. The molecule has 5 atom stereocenters. The van der Waals surface area contributed by atoms with Crippen molar-refractivity contribution in [1.82, 2.24) is 0 Å². The van der Waals surface area contributed by atoms with Gasteiger partial charge in [0.15, 0.2) is 8.32 Å². The highest BCUT2D eigenvalue weighted by Crippen LogP contribution is 2.59. The third-order valence-corrected chi connectivity index (χ3v) is 21.0. The number of phosphoric acid groups is 1. The van der Waals surface area contributed by atoms with Crippen LogP contribution in [0, 0.1) is 17.2 Å². The number of ether oxygens (including phenoxy) is 1. The summed E-state index contributed by atoms with van der Waals surface area (Å²) in [4.78, 5) is 11.2. The summed E-state index contributed by atoms with van der Waals surface area (Å²) >= 11 is 0. The van der Waals surface area contributed by atoms with Gasteiger partial charge in [0.2, 0.25) is 0 Å². The van der Waals surface area contributed by atoms with E-state index in [4.69, 9.17) is 31.4 Å². The number of rotatable bonds is 14. The summed E-state index contributed by atoms with van der Waals surface area (Å²) in [5, 5.41) is 21.9. The van der Waals surface area contributed by atoms with E-state index in [9.17, 15) is 14.5 Å². The van der Waals surface area contributed by atoms with Crippen molar-refractivity contribution < 1.29 is 32.8 Å². The Morgan fingerprint density at radius 3 is 1.98 bits per heavy atom. The number of nitriles is 1. The van der Waals surface area contributed by atoms with Crippen molar-refractivity contribution in [2.75, 3.05) is 20.3 Å². The molecule has 8 nitrogen and oxygen atoms in total. The summed E-state index contributed by atoms with van der Waals surface area (Å²) in [5.41, 5.74) is -1.40. The fourth-order valence-electron chi connectivity index (χ4n) is 6.41. The molecule has 0 saturated carbocycles. The predicted octanol–water partition coefficient (Wildman–Crippen LogP) is 5.36. The van der Waals surface area contributed by atoms with Crippen LogP contribution in [0.15, 0.2) is 60.7 Å². The molecule has 0 aliphatic carbocycles. The largest absolute Gasteiger partial charge is 0.474 e. The van der Waals surface area contributed by atoms with Crippen LogP contribution in [0.2, 0.25) is 29.2 Å². The molecule has 3 rings (SSSR count). The average molecular weight is 658 g/mol. The lowest BCUT2D eigenvalue weighted by Crippen LogP contribution is -2.69. The minimum atomic E-state index is -4.23. The summed E-state index contributed by atoms with van der Waals surface area (Å²) in [5.74, 6) is -0.572. The third kappa shape index (κ3) is 7.51. The molecule has 0 aromatic heterocycles. The predicted molar refractivity (Wildman–Crippen MR) is 180 cm³/mol. The van der Waals surface area contributed by atoms with E-state index in [2.05, 4.69) is 45.0 Å². The topological polar surface area (TPSA) is 118 Å². The Kier molecular flexibility index (Phi) is 11.8. The fraction of sp³-hybridized carbons (Fsp3) is 0.594. The molecule has 2 aromatic rings. The molecular weight excluding hydrogens is 608 g/mol.